The molecule has 0 bridgehead atoms. The number of hydrogen-bond acceptors (Lipinski definition) is 7. The van der Waals surface area contributed by atoms with Gasteiger partial charge in [0.1, 0.15) is 11.8 Å². The van der Waals surface area contributed by atoms with Crippen LogP contribution in [0.3, 0.4) is 0 Å². The summed E-state index contributed by atoms with van der Waals surface area (Å²) in [7, 11) is 1.50. The van der Waals surface area contributed by atoms with Gasteiger partial charge in [0.25, 0.3) is 11.6 Å². The number of rotatable bonds is 7. The van der Waals surface area contributed by atoms with Crippen LogP contribution in [0.25, 0.3) is 16.6 Å². The van der Waals surface area contributed by atoms with Crippen molar-refractivity contribution in [2.45, 2.75) is 0 Å². The molecule has 0 aliphatic heterocycles. The molecule has 2 heterocycles. The fourth-order valence-corrected chi connectivity index (χ4v) is 2.78. The standard InChI is InChI=1S/C17H16N6O6/c1-29-7-6-18-16(24)12-8-22-14(15(19-9-20-22)21-17(25)26)13(12)10-2-4-11(5-3-10)23(27)28/h2-5,8-9H,6-7H2,1H3,(H,18,24)(H,25,26)(H,19,20,21). The molecule has 150 valence electrons. The van der Waals surface area contributed by atoms with Gasteiger partial charge >= 0.3 is 6.09 Å². The van der Waals surface area contributed by atoms with Gasteiger partial charge in [0, 0.05) is 37.5 Å². The summed E-state index contributed by atoms with van der Waals surface area (Å²) in [6.07, 6.45) is 1.24. The molecule has 0 radical (unpaired) electrons. The van der Waals surface area contributed by atoms with E-state index >= 15 is 0 Å². The van der Waals surface area contributed by atoms with Crippen LogP contribution in [-0.2, 0) is 4.74 Å². The van der Waals surface area contributed by atoms with Gasteiger partial charge in [0.05, 0.1) is 17.1 Å². The zero-order chi connectivity index (χ0) is 21.0. The van der Waals surface area contributed by atoms with Crippen molar-refractivity contribution in [2.24, 2.45) is 0 Å². The largest absolute Gasteiger partial charge is 0.465 e. The van der Waals surface area contributed by atoms with E-state index in [0.717, 1.165) is 6.33 Å². The van der Waals surface area contributed by atoms with E-state index in [1.807, 2.05) is 0 Å². The lowest BCUT2D eigenvalue weighted by Gasteiger charge is -2.08. The Morgan fingerprint density at radius 3 is 2.66 bits per heavy atom. The maximum absolute atomic E-state index is 12.7. The Morgan fingerprint density at radius 2 is 2.03 bits per heavy atom. The number of fused-ring (bicyclic) bond motifs is 1. The third-order valence-electron chi connectivity index (χ3n) is 4.00. The van der Waals surface area contributed by atoms with E-state index in [1.165, 1.54) is 42.1 Å². The van der Waals surface area contributed by atoms with Crippen molar-refractivity contribution in [3.05, 3.63) is 52.5 Å². The molecule has 1 aromatic carbocycles. The minimum Gasteiger partial charge on any atom is -0.465 e. The first kappa shape index (κ1) is 19.7. The molecule has 2 amide bonds. The molecule has 0 saturated carbocycles. The number of carbonyl (C=O) groups excluding carboxylic acids is 1. The summed E-state index contributed by atoms with van der Waals surface area (Å²) in [4.78, 5) is 38.2. The lowest BCUT2D eigenvalue weighted by molar-refractivity contribution is -0.384. The average molecular weight is 400 g/mol. The highest BCUT2D eigenvalue weighted by Crippen LogP contribution is 2.34. The van der Waals surface area contributed by atoms with Gasteiger partial charge in [0.15, 0.2) is 5.82 Å². The molecule has 3 rings (SSSR count). The fourth-order valence-electron chi connectivity index (χ4n) is 2.78. The molecule has 0 atom stereocenters. The molecular weight excluding hydrogens is 384 g/mol. The number of nitrogens with one attached hydrogen (secondary N) is 2. The highest BCUT2D eigenvalue weighted by Gasteiger charge is 2.23. The van der Waals surface area contributed by atoms with Crippen LogP contribution in [0.15, 0.2) is 36.8 Å². The number of nitrogens with zero attached hydrogens (tertiary/aromatic N) is 4. The molecule has 0 aliphatic rings. The number of anilines is 1. The quantitative estimate of drug-likeness (QED) is 0.307. The molecule has 12 heteroatoms. The monoisotopic (exact) mass is 400 g/mol. The topological polar surface area (TPSA) is 161 Å². The molecule has 0 aliphatic carbocycles. The molecule has 3 N–H and O–H groups in total. The second-order valence-corrected chi connectivity index (χ2v) is 5.80. The van der Waals surface area contributed by atoms with Gasteiger partial charge in [-0.1, -0.05) is 0 Å². The fraction of sp³-hybridized carbons (Fsp3) is 0.176. The van der Waals surface area contributed by atoms with Gasteiger partial charge in [-0.25, -0.2) is 14.3 Å². The van der Waals surface area contributed by atoms with E-state index in [2.05, 4.69) is 20.7 Å². The molecule has 3 aromatic rings. The van der Waals surface area contributed by atoms with Crippen LogP contribution in [0.1, 0.15) is 10.4 Å². The van der Waals surface area contributed by atoms with Crippen LogP contribution >= 0.6 is 0 Å². The number of aromatic nitrogens is 3. The minimum absolute atomic E-state index is 0.0307. The summed E-state index contributed by atoms with van der Waals surface area (Å²) in [5.74, 6) is -0.473. The van der Waals surface area contributed by atoms with Gasteiger partial charge in [-0.05, 0) is 17.7 Å². The molecule has 12 nitrogen and oxygen atoms in total. The molecule has 0 unspecified atom stereocenters. The van der Waals surface area contributed by atoms with E-state index in [4.69, 9.17) is 9.84 Å². The summed E-state index contributed by atoms with van der Waals surface area (Å²) in [5.41, 5.74) is 1.10. The minimum atomic E-state index is -1.34. The number of hydrogen-bond donors (Lipinski definition) is 3. The van der Waals surface area contributed by atoms with E-state index in [-0.39, 0.29) is 29.1 Å². The Morgan fingerprint density at radius 1 is 1.31 bits per heavy atom. The lowest BCUT2D eigenvalue weighted by atomic mass is 10.0. The number of benzene rings is 1. The summed E-state index contributed by atoms with van der Waals surface area (Å²) < 4.78 is 6.24. The zero-order valence-corrected chi connectivity index (χ0v) is 15.2. The van der Waals surface area contributed by atoms with Crippen LogP contribution < -0.4 is 10.6 Å². The number of ether oxygens (including phenoxy) is 1. The molecular formula is C17H16N6O6. The van der Waals surface area contributed by atoms with Crippen molar-refractivity contribution >= 4 is 29.0 Å². The van der Waals surface area contributed by atoms with Gasteiger partial charge in [-0.15, -0.1) is 0 Å². The van der Waals surface area contributed by atoms with Crippen molar-refractivity contribution in [3.8, 4) is 11.1 Å². The number of amides is 2. The maximum atomic E-state index is 12.7. The van der Waals surface area contributed by atoms with Gasteiger partial charge in [-0.2, -0.15) is 5.10 Å². The highest BCUT2D eigenvalue weighted by atomic mass is 16.6. The Balaban J connectivity index is 2.19. The van der Waals surface area contributed by atoms with Gasteiger partial charge in [0.2, 0.25) is 0 Å². The zero-order valence-electron chi connectivity index (χ0n) is 15.2. The number of methoxy groups -OCH3 is 1. The normalized spacial score (nSPS) is 10.7. The summed E-state index contributed by atoms with van der Waals surface area (Å²) >= 11 is 0. The number of non-ortho nitro benzene ring substituents is 1. The van der Waals surface area contributed by atoms with Gasteiger partial charge < -0.3 is 15.2 Å². The first-order valence-electron chi connectivity index (χ1n) is 8.30. The van der Waals surface area contributed by atoms with E-state index in [0.29, 0.717) is 17.7 Å². The Hall–Kier alpha value is -4.06. The average Bonchev–Trinajstić information content (AvgIpc) is 3.08. The lowest BCUT2D eigenvalue weighted by Crippen LogP contribution is -2.27. The van der Waals surface area contributed by atoms with Crippen LogP contribution in [-0.4, -0.2) is 56.9 Å². The summed E-state index contributed by atoms with van der Waals surface area (Å²) in [5, 5.41) is 28.9. The Bertz CT molecular complexity index is 1080. The first-order valence-corrected chi connectivity index (χ1v) is 8.30. The van der Waals surface area contributed by atoms with Crippen molar-refractivity contribution in [1.82, 2.24) is 19.9 Å². The molecule has 2 aromatic heterocycles. The predicted molar refractivity (Wildman–Crippen MR) is 101 cm³/mol. The second kappa shape index (κ2) is 8.31. The molecule has 0 spiro atoms. The van der Waals surface area contributed by atoms with Crippen molar-refractivity contribution in [1.29, 1.82) is 0 Å². The van der Waals surface area contributed by atoms with E-state index < -0.39 is 16.9 Å². The van der Waals surface area contributed by atoms with Crippen molar-refractivity contribution in [2.75, 3.05) is 25.6 Å². The number of carbonyl (C=O) groups is 2. The number of nitro groups is 1. The highest BCUT2D eigenvalue weighted by molar-refractivity contribution is 6.08. The Labute approximate surface area is 163 Å². The predicted octanol–water partition coefficient (Wildman–Crippen LogP) is 1.77. The maximum Gasteiger partial charge on any atom is 0.410 e. The molecule has 0 saturated heterocycles. The summed E-state index contributed by atoms with van der Waals surface area (Å²) in [6.45, 7) is 0.560. The van der Waals surface area contributed by atoms with Crippen molar-refractivity contribution in [3.63, 3.8) is 0 Å². The van der Waals surface area contributed by atoms with Crippen LogP contribution in [0.5, 0.6) is 0 Å². The Kier molecular flexibility index (Phi) is 5.64. The second-order valence-electron chi connectivity index (χ2n) is 5.80. The summed E-state index contributed by atoms with van der Waals surface area (Å²) in [6, 6.07) is 5.52. The smallest absolute Gasteiger partial charge is 0.410 e. The van der Waals surface area contributed by atoms with E-state index in [9.17, 15) is 19.7 Å². The van der Waals surface area contributed by atoms with Crippen LogP contribution in [0, 0.1) is 10.1 Å². The number of nitro benzene ring substituents is 1. The van der Waals surface area contributed by atoms with Crippen LogP contribution in [0.2, 0.25) is 0 Å². The molecule has 29 heavy (non-hydrogen) atoms. The van der Waals surface area contributed by atoms with Crippen molar-refractivity contribution < 1.29 is 24.4 Å². The van der Waals surface area contributed by atoms with E-state index in [1.54, 1.807) is 0 Å². The molecule has 0 fully saturated rings. The van der Waals surface area contributed by atoms with Crippen LogP contribution in [0.4, 0.5) is 16.3 Å². The first-order chi connectivity index (χ1) is 13.9. The van der Waals surface area contributed by atoms with Gasteiger partial charge in [-0.3, -0.25) is 20.2 Å². The number of carboxylic acid groups (broad SMARTS) is 1. The third-order valence-corrected chi connectivity index (χ3v) is 4.00. The SMILES string of the molecule is COCCNC(=O)c1cn2ncnc(NC(=O)O)c2c1-c1ccc([N+](=O)[O-])cc1. The third kappa shape index (κ3) is 4.11.